The highest BCUT2D eigenvalue weighted by Crippen LogP contribution is 2.30. The molecule has 30 heavy (non-hydrogen) atoms. The van der Waals surface area contributed by atoms with E-state index < -0.39 is 48.2 Å². The van der Waals surface area contributed by atoms with Gasteiger partial charge in [0.2, 0.25) is 0 Å². The molecular weight excluding hydrogens is 405 g/mol. The molecule has 1 heterocycles. The van der Waals surface area contributed by atoms with Gasteiger partial charge < -0.3 is 20.1 Å². The number of nitrogens with one attached hydrogen (secondary N) is 2. The van der Waals surface area contributed by atoms with Gasteiger partial charge in [-0.05, 0) is 43.3 Å². The highest BCUT2D eigenvalue weighted by molar-refractivity contribution is 6.00. The molecule has 10 heteroatoms. The first-order valence-electron chi connectivity index (χ1n) is 8.87. The molecule has 0 aromatic heterocycles. The topological polar surface area (TPSA) is 93.7 Å². The lowest BCUT2D eigenvalue weighted by Gasteiger charge is -2.25. The number of benzene rings is 2. The Morgan fingerprint density at radius 1 is 1.17 bits per heavy atom. The van der Waals surface area contributed by atoms with E-state index in [1.807, 2.05) is 0 Å². The van der Waals surface area contributed by atoms with Crippen molar-refractivity contribution in [2.45, 2.75) is 31.7 Å². The lowest BCUT2D eigenvalue weighted by Crippen LogP contribution is -2.40. The highest BCUT2D eigenvalue weighted by Gasteiger charge is 2.32. The van der Waals surface area contributed by atoms with Gasteiger partial charge in [0.1, 0.15) is 5.75 Å². The van der Waals surface area contributed by atoms with Crippen LogP contribution in [0, 0.1) is 0 Å². The minimum absolute atomic E-state index is 0.113. The van der Waals surface area contributed by atoms with Gasteiger partial charge in [0.25, 0.3) is 11.8 Å². The first-order chi connectivity index (χ1) is 14.1. The normalized spacial score (nSPS) is 16.5. The number of carbonyl (C=O) groups excluding carboxylic acids is 3. The summed E-state index contributed by atoms with van der Waals surface area (Å²) in [6.45, 7) is 1.30. The predicted octanol–water partition coefficient (Wildman–Crippen LogP) is 3.37. The Bertz CT molecular complexity index is 960. The molecule has 0 bridgehead atoms. The van der Waals surface area contributed by atoms with Gasteiger partial charge in [-0.3, -0.25) is 14.4 Å². The van der Waals surface area contributed by atoms with Crippen molar-refractivity contribution in [2.24, 2.45) is 0 Å². The lowest BCUT2D eigenvalue weighted by atomic mass is 10.1. The van der Waals surface area contributed by atoms with Crippen LogP contribution in [-0.2, 0) is 25.3 Å². The summed E-state index contributed by atoms with van der Waals surface area (Å²) < 4.78 is 48.2. The van der Waals surface area contributed by atoms with Gasteiger partial charge in [0.15, 0.2) is 12.2 Å². The Balaban J connectivity index is 1.53. The monoisotopic (exact) mass is 422 g/mol. The van der Waals surface area contributed by atoms with E-state index in [0.717, 1.165) is 24.3 Å². The van der Waals surface area contributed by atoms with Gasteiger partial charge in [0, 0.05) is 5.69 Å². The van der Waals surface area contributed by atoms with Crippen molar-refractivity contribution in [2.75, 3.05) is 10.6 Å². The maximum atomic E-state index is 12.6. The van der Waals surface area contributed by atoms with Gasteiger partial charge in [-0.1, -0.05) is 12.1 Å². The number of halogens is 3. The maximum Gasteiger partial charge on any atom is 0.416 e. The molecule has 7 nitrogen and oxygen atoms in total. The Kier molecular flexibility index (Phi) is 5.95. The van der Waals surface area contributed by atoms with E-state index in [4.69, 9.17) is 9.47 Å². The number of fused-ring (bicyclic) bond motifs is 1. The van der Waals surface area contributed by atoms with E-state index in [9.17, 15) is 27.6 Å². The summed E-state index contributed by atoms with van der Waals surface area (Å²) in [5, 5.41) is 4.97. The second-order valence-corrected chi connectivity index (χ2v) is 6.49. The van der Waals surface area contributed by atoms with Crippen molar-refractivity contribution in [3.63, 3.8) is 0 Å². The second kappa shape index (κ2) is 8.44. The van der Waals surface area contributed by atoms with E-state index in [2.05, 4.69) is 10.6 Å². The molecule has 0 aliphatic carbocycles. The number of para-hydroxylation sites is 2. The van der Waals surface area contributed by atoms with Gasteiger partial charge in [-0.25, -0.2) is 0 Å². The van der Waals surface area contributed by atoms with Crippen molar-refractivity contribution in [1.82, 2.24) is 0 Å². The molecule has 2 atom stereocenters. The van der Waals surface area contributed by atoms with Crippen molar-refractivity contribution in [1.29, 1.82) is 0 Å². The summed E-state index contributed by atoms with van der Waals surface area (Å²) in [5.41, 5.74) is -0.258. The fourth-order valence-corrected chi connectivity index (χ4v) is 2.66. The molecule has 2 aromatic rings. The van der Waals surface area contributed by atoms with Crippen LogP contribution >= 0.6 is 0 Å². The third-order valence-corrected chi connectivity index (χ3v) is 4.22. The summed E-state index contributed by atoms with van der Waals surface area (Å²) in [6, 6.07) is 10.5. The van der Waals surface area contributed by atoms with Crippen LogP contribution < -0.4 is 15.4 Å². The molecule has 3 rings (SSSR count). The fraction of sp³-hybridized carbons (Fsp3) is 0.250. The van der Waals surface area contributed by atoms with Crippen molar-refractivity contribution < 1.29 is 37.0 Å². The first kappa shape index (κ1) is 21.2. The third-order valence-electron chi connectivity index (χ3n) is 4.22. The minimum Gasteiger partial charge on any atom is -0.478 e. The number of carbonyl (C=O) groups is 3. The second-order valence-electron chi connectivity index (χ2n) is 6.49. The number of rotatable bonds is 5. The van der Waals surface area contributed by atoms with Crippen LogP contribution in [0.15, 0.2) is 48.5 Å². The smallest absolute Gasteiger partial charge is 0.416 e. The number of esters is 1. The van der Waals surface area contributed by atoms with Gasteiger partial charge >= 0.3 is 12.1 Å². The van der Waals surface area contributed by atoms with Crippen molar-refractivity contribution >= 4 is 29.2 Å². The third kappa shape index (κ3) is 5.07. The Morgan fingerprint density at radius 3 is 2.50 bits per heavy atom. The Morgan fingerprint density at radius 2 is 1.83 bits per heavy atom. The van der Waals surface area contributed by atoms with E-state index in [1.54, 1.807) is 24.3 Å². The number of amides is 2. The zero-order valence-electron chi connectivity index (χ0n) is 15.7. The molecule has 2 aromatic carbocycles. The standard InChI is InChI=1S/C20H17F3N2O5/c1-11(18(27)24-13-8-6-12(7-9-13)20(21,22)23)29-17(26)10-16-19(28)25-14-4-2-3-5-15(14)30-16/h2-9,11,16H,10H2,1H3,(H,24,27)(H,25,28). The van der Waals surface area contributed by atoms with Gasteiger partial charge in [0.05, 0.1) is 17.7 Å². The maximum absolute atomic E-state index is 12.6. The fourth-order valence-electron chi connectivity index (χ4n) is 2.66. The predicted molar refractivity (Wildman–Crippen MR) is 99.7 cm³/mol. The molecule has 158 valence electrons. The van der Waals surface area contributed by atoms with Crippen LogP contribution in [0.4, 0.5) is 24.5 Å². The summed E-state index contributed by atoms with van der Waals surface area (Å²) in [4.78, 5) is 36.3. The van der Waals surface area contributed by atoms with Crippen LogP contribution in [0.3, 0.4) is 0 Å². The largest absolute Gasteiger partial charge is 0.478 e. The number of hydrogen-bond donors (Lipinski definition) is 2. The molecule has 1 aliphatic heterocycles. The molecule has 1 aliphatic rings. The zero-order chi connectivity index (χ0) is 21.9. The van der Waals surface area contributed by atoms with Crippen LogP contribution in [0.1, 0.15) is 18.9 Å². The van der Waals surface area contributed by atoms with Crippen molar-refractivity contribution in [3.8, 4) is 5.75 Å². The van der Waals surface area contributed by atoms with E-state index >= 15 is 0 Å². The number of anilines is 2. The van der Waals surface area contributed by atoms with Crippen LogP contribution in [0.25, 0.3) is 0 Å². The number of hydrogen-bond acceptors (Lipinski definition) is 5. The molecule has 2 amide bonds. The molecule has 0 fully saturated rings. The number of ether oxygens (including phenoxy) is 2. The molecule has 2 unspecified atom stereocenters. The molecule has 0 radical (unpaired) electrons. The van der Waals surface area contributed by atoms with Crippen LogP contribution in [-0.4, -0.2) is 30.0 Å². The zero-order valence-corrected chi connectivity index (χ0v) is 15.7. The average molecular weight is 422 g/mol. The van der Waals surface area contributed by atoms with Crippen molar-refractivity contribution in [3.05, 3.63) is 54.1 Å². The van der Waals surface area contributed by atoms with Gasteiger partial charge in [-0.2, -0.15) is 13.2 Å². The Labute approximate surface area is 169 Å². The lowest BCUT2D eigenvalue weighted by molar-refractivity contribution is -0.155. The van der Waals surface area contributed by atoms with Crippen LogP contribution in [0.2, 0.25) is 0 Å². The summed E-state index contributed by atoms with van der Waals surface area (Å²) in [6.07, 6.45) is -7.26. The molecule has 2 N–H and O–H groups in total. The van der Waals surface area contributed by atoms with Crippen LogP contribution in [0.5, 0.6) is 5.75 Å². The minimum atomic E-state index is -4.49. The molecule has 0 spiro atoms. The molecule has 0 saturated carbocycles. The summed E-state index contributed by atoms with van der Waals surface area (Å²) in [7, 11) is 0. The quantitative estimate of drug-likeness (QED) is 0.721. The average Bonchev–Trinajstić information content (AvgIpc) is 2.68. The summed E-state index contributed by atoms with van der Waals surface area (Å²) >= 11 is 0. The van der Waals surface area contributed by atoms with E-state index in [-0.39, 0.29) is 5.69 Å². The highest BCUT2D eigenvalue weighted by atomic mass is 19.4. The van der Waals surface area contributed by atoms with E-state index in [1.165, 1.54) is 6.92 Å². The first-order valence-corrected chi connectivity index (χ1v) is 8.87. The molecule has 0 saturated heterocycles. The Hall–Kier alpha value is -3.56. The molecular formula is C20H17F3N2O5. The summed E-state index contributed by atoms with van der Waals surface area (Å²) in [5.74, 6) is -1.69. The number of alkyl halides is 3. The van der Waals surface area contributed by atoms with Gasteiger partial charge in [-0.15, -0.1) is 0 Å². The van der Waals surface area contributed by atoms with E-state index in [0.29, 0.717) is 11.4 Å². The SMILES string of the molecule is CC(OC(=O)CC1Oc2ccccc2NC1=O)C(=O)Nc1ccc(C(F)(F)F)cc1.